The van der Waals surface area contributed by atoms with Gasteiger partial charge < -0.3 is 29.9 Å². The molecular formula is C7H14O6. The molecule has 0 saturated carbocycles. The van der Waals surface area contributed by atoms with Crippen LogP contribution in [0.15, 0.2) is 0 Å². The van der Waals surface area contributed by atoms with E-state index in [0.717, 1.165) is 0 Å². The molecular weight excluding hydrogens is 180 g/mol. The number of ether oxygens (including phenoxy) is 2. The molecule has 1 saturated heterocycles. The number of hydrogen-bond acceptors (Lipinski definition) is 6. The molecule has 4 N–H and O–H groups in total. The highest BCUT2D eigenvalue weighted by Crippen LogP contribution is 2.19. The van der Waals surface area contributed by atoms with Crippen molar-refractivity contribution in [2.75, 3.05) is 13.7 Å². The van der Waals surface area contributed by atoms with Crippen molar-refractivity contribution in [3.63, 3.8) is 0 Å². The Bertz CT molecular complexity index is 163. The van der Waals surface area contributed by atoms with E-state index in [4.69, 9.17) is 19.7 Å². The average molecular weight is 194 g/mol. The molecule has 0 aromatic carbocycles. The van der Waals surface area contributed by atoms with Gasteiger partial charge in [0.05, 0.1) is 6.61 Å². The van der Waals surface area contributed by atoms with Crippen molar-refractivity contribution in [3.8, 4) is 0 Å². The Kier molecular flexibility index (Phi) is 3.60. The van der Waals surface area contributed by atoms with E-state index in [2.05, 4.69) is 0 Å². The van der Waals surface area contributed by atoms with Gasteiger partial charge in [-0.25, -0.2) is 0 Å². The van der Waals surface area contributed by atoms with Crippen LogP contribution in [0.4, 0.5) is 0 Å². The summed E-state index contributed by atoms with van der Waals surface area (Å²) in [6.07, 6.45) is -6.46. The fourth-order valence-corrected chi connectivity index (χ4v) is 1.23. The standard InChI is InChI=1S/C7H14O6/c1-12-2-3-4(8)5(9)6(10)7(11)13-3/h3-11H,2H2,1H3/t3-,4+,5+,6-,7?/m0/s1. The first kappa shape index (κ1) is 10.8. The summed E-state index contributed by atoms with van der Waals surface area (Å²) in [6, 6.07) is 0. The van der Waals surface area contributed by atoms with Crippen molar-refractivity contribution in [2.24, 2.45) is 0 Å². The zero-order valence-corrected chi connectivity index (χ0v) is 7.20. The molecule has 1 heterocycles. The normalized spacial score (nSPS) is 46.4. The number of methoxy groups -OCH3 is 1. The first-order chi connectivity index (χ1) is 6.07. The Labute approximate surface area is 75.3 Å². The van der Waals surface area contributed by atoms with Crippen LogP contribution in [0.5, 0.6) is 0 Å². The monoisotopic (exact) mass is 194 g/mol. The number of aliphatic hydroxyl groups is 4. The summed E-state index contributed by atoms with van der Waals surface area (Å²) in [5, 5.41) is 36.7. The molecule has 0 aromatic heterocycles. The second-order valence-electron chi connectivity index (χ2n) is 2.99. The molecule has 1 aliphatic heterocycles. The number of rotatable bonds is 2. The Balaban J connectivity index is 2.59. The van der Waals surface area contributed by atoms with Gasteiger partial charge in [0.2, 0.25) is 0 Å². The van der Waals surface area contributed by atoms with Gasteiger partial charge in [0.15, 0.2) is 6.29 Å². The van der Waals surface area contributed by atoms with Gasteiger partial charge in [-0.2, -0.15) is 0 Å². The third-order valence-corrected chi connectivity index (χ3v) is 2.02. The van der Waals surface area contributed by atoms with Crippen molar-refractivity contribution in [1.29, 1.82) is 0 Å². The third kappa shape index (κ3) is 2.16. The Hall–Kier alpha value is -0.240. The van der Waals surface area contributed by atoms with Crippen LogP contribution < -0.4 is 0 Å². The lowest BCUT2D eigenvalue weighted by atomic mass is 9.99. The molecule has 5 atom stereocenters. The Morgan fingerprint density at radius 2 is 1.69 bits per heavy atom. The zero-order valence-electron chi connectivity index (χ0n) is 7.20. The molecule has 1 fully saturated rings. The molecule has 1 unspecified atom stereocenters. The quantitative estimate of drug-likeness (QED) is 0.386. The molecule has 1 rings (SSSR count). The SMILES string of the molecule is COC[C@@H]1OC(O)[C@@H](O)[C@H](O)[C@@H]1O. The minimum absolute atomic E-state index is 0.0437. The van der Waals surface area contributed by atoms with Crippen molar-refractivity contribution in [2.45, 2.75) is 30.7 Å². The highest BCUT2D eigenvalue weighted by molar-refractivity contribution is 4.88. The summed E-state index contributed by atoms with van der Waals surface area (Å²) < 4.78 is 9.49. The lowest BCUT2D eigenvalue weighted by molar-refractivity contribution is -0.287. The van der Waals surface area contributed by atoms with Crippen LogP contribution in [0.1, 0.15) is 0 Å². The summed E-state index contributed by atoms with van der Waals surface area (Å²) in [5.74, 6) is 0. The van der Waals surface area contributed by atoms with E-state index in [1.54, 1.807) is 0 Å². The maximum Gasteiger partial charge on any atom is 0.184 e. The fraction of sp³-hybridized carbons (Fsp3) is 1.00. The first-order valence-electron chi connectivity index (χ1n) is 3.94. The molecule has 0 aromatic rings. The summed E-state index contributed by atoms with van der Waals surface area (Å²) in [4.78, 5) is 0. The first-order valence-corrected chi connectivity index (χ1v) is 3.94. The second-order valence-corrected chi connectivity index (χ2v) is 2.99. The maximum atomic E-state index is 9.33. The van der Waals surface area contributed by atoms with Gasteiger partial charge in [-0.3, -0.25) is 0 Å². The lowest BCUT2D eigenvalue weighted by Gasteiger charge is -2.37. The van der Waals surface area contributed by atoms with Gasteiger partial charge in [-0.15, -0.1) is 0 Å². The molecule has 13 heavy (non-hydrogen) atoms. The molecule has 78 valence electrons. The van der Waals surface area contributed by atoms with Gasteiger partial charge in [-0.1, -0.05) is 0 Å². The second kappa shape index (κ2) is 4.32. The van der Waals surface area contributed by atoms with E-state index in [0.29, 0.717) is 0 Å². The van der Waals surface area contributed by atoms with E-state index < -0.39 is 30.7 Å². The van der Waals surface area contributed by atoms with Crippen molar-refractivity contribution in [1.82, 2.24) is 0 Å². The van der Waals surface area contributed by atoms with E-state index >= 15 is 0 Å². The largest absolute Gasteiger partial charge is 0.387 e. The third-order valence-electron chi connectivity index (χ3n) is 2.02. The highest BCUT2D eigenvalue weighted by atomic mass is 16.6. The topological polar surface area (TPSA) is 99.4 Å². The van der Waals surface area contributed by atoms with E-state index in [9.17, 15) is 10.2 Å². The molecule has 0 amide bonds. The van der Waals surface area contributed by atoms with E-state index in [-0.39, 0.29) is 6.61 Å². The Morgan fingerprint density at radius 1 is 1.08 bits per heavy atom. The van der Waals surface area contributed by atoms with Crippen molar-refractivity contribution in [3.05, 3.63) is 0 Å². The lowest BCUT2D eigenvalue weighted by Crippen LogP contribution is -2.58. The minimum atomic E-state index is -1.49. The van der Waals surface area contributed by atoms with E-state index in [1.165, 1.54) is 7.11 Å². The van der Waals surface area contributed by atoms with Crippen LogP contribution >= 0.6 is 0 Å². The zero-order chi connectivity index (χ0) is 10.0. The van der Waals surface area contributed by atoms with E-state index in [1.807, 2.05) is 0 Å². The molecule has 0 aliphatic carbocycles. The number of hydrogen-bond donors (Lipinski definition) is 4. The molecule has 0 radical (unpaired) electrons. The van der Waals surface area contributed by atoms with Crippen molar-refractivity contribution < 1.29 is 29.9 Å². The summed E-state index contributed by atoms with van der Waals surface area (Å²) >= 11 is 0. The predicted molar refractivity (Wildman–Crippen MR) is 40.8 cm³/mol. The van der Waals surface area contributed by atoms with Crippen LogP contribution in [0.2, 0.25) is 0 Å². The maximum absolute atomic E-state index is 9.33. The number of aliphatic hydroxyl groups excluding tert-OH is 4. The summed E-state index contributed by atoms with van der Waals surface area (Å²) in [6.45, 7) is 0.0437. The van der Waals surface area contributed by atoms with Crippen LogP contribution in [0.3, 0.4) is 0 Å². The van der Waals surface area contributed by atoms with Gasteiger partial charge in [0.25, 0.3) is 0 Å². The molecule has 6 heteroatoms. The summed E-state index contributed by atoms with van der Waals surface area (Å²) in [7, 11) is 1.40. The van der Waals surface area contributed by atoms with Crippen LogP contribution in [-0.4, -0.2) is 64.8 Å². The smallest absolute Gasteiger partial charge is 0.184 e. The predicted octanol–water partition coefficient (Wildman–Crippen LogP) is -2.57. The van der Waals surface area contributed by atoms with Crippen molar-refractivity contribution >= 4 is 0 Å². The molecule has 6 nitrogen and oxygen atoms in total. The molecule has 0 bridgehead atoms. The van der Waals surface area contributed by atoms with Crippen LogP contribution in [-0.2, 0) is 9.47 Å². The van der Waals surface area contributed by atoms with Gasteiger partial charge in [-0.05, 0) is 0 Å². The average Bonchev–Trinajstić information content (AvgIpc) is 2.11. The highest BCUT2D eigenvalue weighted by Gasteiger charge is 2.42. The van der Waals surface area contributed by atoms with Crippen LogP contribution in [0, 0.1) is 0 Å². The van der Waals surface area contributed by atoms with Gasteiger partial charge in [0.1, 0.15) is 24.4 Å². The molecule has 1 aliphatic rings. The molecule has 0 spiro atoms. The van der Waals surface area contributed by atoms with Gasteiger partial charge in [0, 0.05) is 7.11 Å². The Morgan fingerprint density at radius 3 is 2.23 bits per heavy atom. The van der Waals surface area contributed by atoms with Crippen LogP contribution in [0.25, 0.3) is 0 Å². The minimum Gasteiger partial charge on any atom is -0.387 e. The summed E-state index contributed by atoms with van der Waals surface area (Å²) in [5.41, 5.74) is 0. The van der Waals surface area contributed by atoms with Gasteiger partial charge >= 0.3 is 0 Å². The fourth-order valence-electron chi connectivity index (χ4n) is 1.23.